The van der Waals surface area contributed by atoms with E-state index < -0.39 is 0 Å². The van der Waals surface area contributed by atoms with Gasteiger partial charge in [0.1, 0.15) is 0 Å². The Morgan fingerprint density at radius 2 is 1.92 bits per heavy atom. The van der Waals surface area contributed by atoms with Gasteiger partial charge in [-0.05, 0) is 30.5 Å². The van der Waals surface area contributed by atoms with E-state index in [1.165, 1.54) is 0 Å². The monoisotopic (exact) mass is 368 g/mol. The lowest BCUT2D eigenvalue weighted by molar-refractivity contribution is -0.121. The Morgan fingerprint density at radius 3 is 2.73 bits per heavy atom. The van der Waals surface area contributed by atoms with Gasteiger partial charge in [-0.3, -0.25) is 4.79 Å². The van der Waals surface area contributed by atoms with E-state index >= 15 is 0 Å². The Labute approximate surface area is 158 Å². The van der Waals surface area contributed by atoms with E-state index in [4.69, 9.17) is 16.0 Å². The van der Waals surface area contributed by atoms with Crippen molar-refractivity contribution in [3.05, 3.63) is 77.3 Å². The second kappa shape index (κ2) is 9.20. The molecule has 0 aliphatic heterocycles. The number of hydrogen-bond acceptors (Lipinski definition) is 3. The molecule has 5 heteroatoms. The maximum atomic E-state index is 11.9. The van der Waals surface area contributed by atoms with Crippen molar-refractivity contribution in [2.45, 2.75) is 25.7 Å². The molecule has 0 fully saturated rings. The van der Waals surface area contributed by atoms with Crippen molar-refractivity contribution in [1.82, 2.24) is 10.3 Å². The molecule has 1 N–H and O–H groups in total. The molecule has 2 aromatic carbocycles. The van der Waals surface area contributed by atoms with Crippen LogP contribution in [0.3, 0.4) is 0 Å². The Morgan fingerprint density at radius 1 is 1.08 bits per heavy atom. The number of nitrogens with one attached hydrogen (secondary N) is 1. The first kappa shape index (κ1) is 18.2. The molecule has 1 amide bonds. The third-order valence-electron chi connectivity index (χ3n) is 4.03. The van der Waals surface area contributed by atoms with Gasteiger partial charge in [0.2, 0.25) is 5.91 Å². The van der Waals surface area contributed by atoms with Crippen LogP contribution < -0.4 is 5.32 Å². The molecule has 0 aliphatic carbocycles. The van der Waals surface area contributed by atoms with Crippen molar-refractivity contribution in [3.63, 3.8) is 0 Å². The molecule has 4 nitrogen and oxygen atoms in total. The van der Waals surface area contributed by atoms with Gasteiger partial charge < -0.3 is 9.73 Å². The van der Waals surface area contributed by atoms with E-state index in [0.717, 1.165) is 28.3 Å². The van der Waals surface area contributed by atoms with Crippen LogP contribution in [0.25, 0.3) is 11.3 Å². The molecule has 0 atom stereocenters. The second-order valence-corrected chi connectivity index (χ2v) is 6.50. The topological polar surface area (TPSA) is 55.1 Å². The number of benzene rings is 2. The van der Waals surface area contributed by atoms with Gasteiger partial charge >= 0.3 is 0 Å². The number of aryl methyl sites for hydroxylation is 1. The van der Waals surface area contributed by atoms with Crippen LogP contribution in [0.2, 0.25) is 5.02 Å². The van der Waals surface area contributed by atoms with Crippen LogP contribution in [0, 0.1) is 0 Å². The zero-order valence-corrected chi connectivity index (χ0v) is 15.2. The Balaban J connectivity index is 1.37. The quantitative estimate of drug-likeness (QED) is 0.628. The van der Waals surface area contributed by atoms with Crippen molar-refractivity contribution in [1.29, 1.82) is 0 Å². The van der Waals surface area contributed by atoms with Gasteiger partial charge in [0, 0.05) is 30.0 Å². The molecule has 0 unspecified atom stereocenters. The minimum absolute atomic E-state index is 0.0434. The van der Waals surface area contributed by atoms with Gasteiger partial charge in [-0.2, -0.15) is 0 Å². The number of oxazole rings is 1. The molecule has 26 heavy (non-hydrogen) atoms. The summed E-state index contributed by atoms with van der Waals surface area (Å²) in [5.41, 5.74) is 2.12. The number of aromatic nitrogens is 1. The van der Waals surface area contributed by atoms with E-state index in [1.54, 1.807) is 6.20 Å². The fourth-order valence-electron chi connectivity index (χ4n) is 2.69. The summed E-state index contributed by atoms with van der Waals surface area (Å²) >= 11 is 5.95. The number of rotatable bonds is 8. The third-order valence-corrected chi connectivity index (χ3v) is 4.27. The molecule has 1 heterocycles. The highest BCUT2D eigenvalue weighted by Crippen LogP contribution is 2.20. The summed E-state index contributed by atoms with van der Waals surface area (Å²) in [6.07, 6.45) is 4.31. The fourth-order valence-corrected chi connectivity index (χ4v) is 2.90. The lowest BCUT2D eigenvalue weighted by Crippen LogP contribution is -2.25. The molecule has 0 aliphatic rings. The summed E-state index contributed by atoms with van der Waals surface area (Å²) in [7, 11) is 0. The number of nitrogens with zero attached hydrogens (tertiary/aromatic N) is 1. The molecule has 1 aromatic heterocycles. The third kappa shape index (κ3) is 5.46. The highest BCUT2D eigenvalue weighted by molar-refractivity contribution is 6.30. The van der Waals surface area contributed by atoms with Crippen molar-refractivity contribution in [2.24, 2.45) is 0 Å². The van der Waals surface area contributed by atoms with Crippen LogP contribution in [-0.4, -0.2) is 17.4 Å². The average molecular weight is 369 g/mol. The first-order valence-electron chi connectivity index (χ1n) is 8.72. The zero-order valence-electron chi connectivity index (χ0n) is 14.5. The van der Waals surface area contributed by atoms with Gasteiger partial charge in [-0.25, -0.2) is 4.98 Å². The molecule has 3 rings (SSSR count). The summed E-state index contributed by atoms with van der Waals surface area (Å²) < 4.78 is 5.75. The van der Waals surface area contributed by atoms with Crippen LogP contribution in [0.1, 0.15) is 24.3 Å². The molecular formula is C21H21ClN2O2. The lowest BCUT2D eigenvalue weighted by atomic mass is 10.1. The number of carbonyl (C=O) groups is 1. The summed E-state index contributed by atoms with van der Waals surface area (Å²) in [5, 5.41) is 3.65. The highest BCUT2D eigenvalue weighted by atomic mass is 35.5. The Kier molecular flexibility index (Phi) is 6.45. The molecule has 0 saturated carbocycles. The minimum Gasteiger partial charge on any atom is -0.441 e. The molecule has 0 radical (unpaired) electrons. The number of amides is 1. The van der Waals surface area contributed by atoms with Gasteiger partial charge in [-0.1, -0.05) is 54.1 Å². The maximum Gasteiger partial charge on any atom is 0.220 e. The molecule has 0 bridgehead atoms. The van der Waals surface area contributed by atoms with E-state index in [9.17, 15) is 4.79 Å². The first-order valence-corrected chi connectivity index (χ1v) is 9.10. The first-order chi connectivity index (χ1) is 12.7. The second-order valence-electron chi connectivity index (χ2n) is 6.07. The maximum absolute atomic E-state index is 11.9. The summed E-state index contributed by atoms with van der Waals surface area (Å²) in [5.74, 6) is 1.46. The van der Waals surface area contributed by atoms with Crippen LogP contribution in [0.5, 0.6) is 0 Å². The van der Waals surface area contributed by atoms with E-state index in [2.05, 4.69) is 10.3 Å². The summed E-state index contributed by atoms with van der Waals surface area (Å²) in [4.78, 5) is 16.2. The predicted octanol–water partition coefficient (Wildman–Crippen LogP) is 4.68. The van der Waals surface area contributed by atoms with E-state index in [1.807, 2.05) is 54.6 Å². The van der Waals surface area contributed by atoms with Gasteiger partial charge in [0.15, 0.2) is 11.7 Å². The fraction of sp³-hybridized carbons (Fsp3) is 0.238. The smallest absolute Gasteiger partial charge is 0.220 e. The average Bonchev–Trinajstić information content (AvgIpc) is 3.11. The summed E-state index contributed by atoms with van der Waals surface area (Å²) in [6.45, 7) is 0.607. The van der Waals surface area contributed by atoms with Gasteiger partial charge in [0.25, 0.3) is 0 Å². The lowest BCUT2D eigenvalue weighted by Gasteiger charge is -2.05. The van der Waals surface area contributed by atoms with Crippen LogP contribution in [-0.2, 0) is 17.6 Å². The number of halogens is 1. The van der Waals surface area contributed by atoms with Crippen LogP contribution in [0.15, 0.2) is 65.2 Å². The van der Waals surface area contributed by atoms with Gasteiger partial charge in [-0.15, -0.1) is 0 Å². The van der Waals surface area contributed by atoms with Crippen molar-refractivity contribution >= 4 is 17.5 Å². The van der Waals surface area contributed by atoms with Gasteiger partial charge in [0.05, 0.1) is 6.20 Å². The minimum atomic E-state index is 0.0434. The predicted molar refractivity (Wildman–Crippen MR) is 103 cm³/mol. The molecule has 0 spiro atoms. The summed E-state index contributed by atoms with van der Waals surface area (Å²) in [6, 6.07) is 17.5. The SMILES string of the molecule is O=C(CCCc1ncc(-c2ccccc2)o1)NCCc1cccc(Cl)c1. The molecule has 0 saturated heterocycles. The zero-order chi connectivity index (χ0) is 18.2. The molecule has 3 aromatic rings. The number of hydrogen-bond donors (Lipinski definition) is 1. The van der Waals surface area contributed by atoms with Crippen molar-refractivity contribution < 1.29 is 9.21 Å². The van der Waals surface area contributed by atoms with Crippen LogP contribution in [0.4, 0.5) is 0 Å². The number of carbonyl (C=O) groups excluding carboxylic acids is 1. The normalized spacial score (nSPS) is 10.7. The Hall–Kier alpha value is -2.59. The van der Waals surface area contributed by atoms with Crippen molar-refractivity contribution in [2.75, 3.05) is 6.54 Å². The molecular weight excluding hydrogens is 348 g/mol. The van der Waals surface area contributed by atoms with E-state index in [-0.39, 0.29) is 5.91 Å². The Bertz CT molecular complexity index is 846. The van der Waals surface area contributed by atoms with Crippen molar-refractivity contribution in [3.8, 4) is 11.3 Å². The largest absolute Gasteiger partial charge is 0.441 e. The highest BCUT2D eigenvalue weighted by Gasteiger charge is 2.07. The molecule has 134 valence electrons. The van der Waals surface area contributed by atoms with Crippen LogP contribution >= 0.6 is 11.6 Å². The standard InChI is InChI=1S/C21H21ClN2O2/c22-18-9-4-6-16(14-18)12-13-23-20(25)10-5-11-21-24-15-19(26-21)17-7-2-1-3-8-17/h1-4,6-9,14-15H,5,10-13H2,(H,23,25). The van der Waals surface area contributed by atoms with E-state index in [0.29, 0.717) is 31.7 Å².